The lowest BCUT2D eigenvalue weighted by Crippen LogP contribution is -2.19. The number of ketones is 1. The highest BCUT2D eigenvalue weighted by atomic mass is 16.6. The molecule has 0 aliphatic heterocycles. The SMILES string of the molecule is COC(=O)C(CC(=O)c1ccccc1)c1ccccc1[N+](=O)[O-]. The van der Waals surface area contributed by atoms with Crippen LogP contribution in [0.5, 0.6) is 0 Å². The van der Waals surface area contributed by atoms with E-state index in [0.29, 0.717) is 5.56 Å². The second kappa shape index (κ2) is 7.31. The molecule has 0 heterocycles. The average molecular weight is 313 g/mol. The van der Waals surface area contributed by atoms with Crippen LogP contribution < -0.4 is 0 Å². The Balaban J connectivity index is 2.37. The van der Waals surface area contributed by atoms with Crippen molar-refractivity contribution in [1.82, 2.24) is 0 Å². The van der Waals surface area contributed by atoms with Gasteiger partial charge in [0, 0.05) is 23.6 Å². The summed E-state index contributed by atoms with van der Waals surface area (Å²) in [5, 5.41) is 11.2. The van der Waals surface area contributed by atoms with Crippen LogP contribution in [0.15, 0.2) is 54.6 Å². The maximum Gasteiger partial charge on any atom is 0.313 e. The van der Waals surface area contributed by atoms with E-state index in [1.54, 1.807) is 36.4 Å². The number of esters is 1. The Morgan fingerprint density at radius 1 is 1.09 bits per heavy atom. The molecule has 23 heavy (non-hydrogen) atoms. The number of rotatable bonds is 6. The number of nitrogens with zero attached hydrogens (tertiary/aromatic N) is 1. The summed E-state index contributed by atoms with van der Waals surface area (Å²) in [6.45, 7) is 0. The molecule has 0 amide bonds. The van der Waals surface area contributed by atoms with Gasteiger partial charge in [0.1, 0.15) is 0 Å². The normalized spacial score (nSPS) is 11.5. The molecule has 0 bridgehead atoms. The van der Waals surface area contributed by atoms with Crippen LogP contribution in [-0.4, -0.2) is 23.8 Å². The molecule has 0 aromatic heterocycles. The van der Waals surface area contributed by atoms with Crippen molar-refractivity contribution in [3.05, 3.63) is 75.8 Å². The van der Waals surface area contributed by atoms with Crippen LogP contribution in [0.2, 0.25) is 0 Å². The number of para-hydroxylation sites is 1. The van der Waals surface area contributed by atoms with Gasteiger partial charge in [0.25, 0.3) is 5.69 Å². The molecule has 6 heteroatoms. The van der Waals surface area contributed by atoms with Crippen LogP contribution in [0.1, 0.15) is 28.3 Å². The van der Waals surface area contributed by atoms with E-state index in [2.05, 4.69) is 0 Å². The summed E-state index contributed by atoms with van der Waals surface area (Å²) in [7, 11) is 1.19. The van der Waals surface area contributed by atoms with Gasteiger partial charge in [0.2, 0.25) is 0 Å². The fourth-order valence-corrected chi connectivity index (χ4v) is 2.34. The highest BCUT2D eigenvalue weighted by Crippen LogP contribution is 2.30. The summed E-state index contributed by atoms with van der Waals surface area (Å²) < 4.78 is 4.72. The van der Waals surface area contributed by atoms with Gasteiger partial charge in [-0.3, -0.25) is 19.7 Å². The standard InChI is InChI=1S/C17H15NO5/c1-23-17(20)14(11-16(19)12-7-3-2-4-8-12)13-9-5-6-10-15(13)18(21)22/h2-10,14H,11H2,1H3. The molecule has 2 aromatic rings. The number of Topliss-reactive ketones (excluding diaryl/α,β-unsaturated/α-hetero) is 1. The smallest absolute Gasteiger partial charge is 0.313 e. The summed E-state index contributed by atoms with van der Waals surface area (Å²) in [5.41, 5.74) is 0.414. The number of nitro groups is 1. The zero-order chi connectivity index (χ0) is 16.8. The molecule has 0 aliphatic carbocycles. The van der Waals surface area contributed by atoms with Crippen LogP contribution in [0.4, 0.5) is 5.69 Å². The van der Waals surface area contributed by atoms with Crippen LogP contribution >= 0.6 is 0 Å². The molecular formula is C17H15NO5. The van der Waals surface area contributed by atoms with Crippen molar-refractivity contribution in [2.24, 2.45) is 0 Å². The number of hydrogen-bond donors (Lipinski definition) is 0. The van der Waals surface area contributed by atoms with E-state index in [1.165, 1.54) is 25.3 Å². The first-order valence-corrected chi connectivity index (χ1v) is 6.94. The van der Waals surface area contributed by atoms with Gasteiger partial charge in [-0.25, -0.2) is 0 Å². The number of hydrogen-bond acceptors (Lipinski definition) is 5. The first-order chi connectivity index (χ1) is 11.0. The van der Waals surface area contributed by atoms with Crippen LogP contribution in [0.3, 0.4) is 0 Å². The number of carbonyl (C=O) groups excluding carboxylic acids is 2. The zero-order valence-corrected chi connectivity index (χ0v) is 12.5. The van der Waals surface area contributed by atoms with Crippen molar-refractivity contribution in [2.75, 3.05) is 7.11 Å². The Labute approximate surface area is 132 Å². The molecular weight excluding hydrogens is 298 g/mol. The molecule has 0 saturated carbocycles. The Morgan fingerprint density at radius 2 is 1.70 bits per heavy atom. The second-order valence-corrected chi connectivity index (χ2v) is 4.88. The average Bonchev–Trinajstić information content (AvgIpc) is 2.59. The predicted octanol–water partition coefficient (Wildman–Crippen LogP) is 3.12. The molecule has 0 radical (unpaired) electrons. The molecule has 1 unspecified atom stereocenters. The van der Waals surface area contributed by atoms with E-state index < -0.39 is 16.8 Å². The van der Waals surface area contributed by atoms with Gasteiger partial charge in [-0.1, -0.05) is 48.5 Å². The van der Waals surface area contributed by atoms with Gasteiger partial charge in [0.05, 0.1) is 18.0 Å². The topological polar surface area (TPSA) is 86.5 Å². The molecule has 0 fully saturated rings. The Bertz CT molecular complexity index is 727. The first-order valence-electron chi connectivity index (χ1n) is 6.94. The van der Waals surface area contributed by atoms with Gasteiger partial charge in [-0.2, -0.15) is 0 Å². The molecule has 0 spiro atoms. The summed E-state index contributed by atoms with van der Waals surface area (Å²) in [4.78, 5) is 35.0. The van der Waals surface area contributed by atoms with Crippen molar-refractivity contribution in [3.8, 4) is 0 Å². The molecule has 2 aromatic carbocycles. The Hall–Kier alpha value is -3.02. The minimum Gasteiger partial charge on any atom is -0.469 e. The van der Waals surface area contributed by atoms with Crippen molar-refractivity contribution in [2.45, 2.75) is 12.3 Å². The summed E-state index contributed by atoms with van der Waals surface area (Å²) >= 11 is 0. The molecule has 0 saturated heterocycles. The monoisotopic (exact) mass is 313 g/mol. The lowest BCUT2D eigenvalue weighted by atomic mass is 9.90. The third-order valence-corrected chi connectivity index (χ3v) is 3.48. The number of ether oxygens (including phenoxy) is 1. The quantitative estimate of drug-likeness (QED) is 0.354. The van der Waals surface area contributed by atoms with Crippen molar-refractivity contribution in [1.29, 1.82) is 0 Å². The Morgan fingerprint density at radius 3 is 2.30 bits per heavy atom. The fourth-order valence-electron chi connectivity index (χ4n) is 2.34. The predicted molar refractivity (Wildman–Crippen MR) is 83.2 cm³/mol. The van der Waals surface area contributed by atoms with Crippen molar-refractivity contribution < 1.29 is 19.2 Å². The summed E-state index contributed by atoms with van der Waals surface area (Å²) in [6.07, 6.45) is -0.193. The van der Waals surface area contributed by atoms with Crippen molar-refractivity contribution in [3.63, 3.8) is 0 Å². The number of nitro benzene ring substituents is 1. The van der Waals surface area contributed by atoms with Crippen LogP contribution in [0, 0.1) is 10.1 Å². The van der Waals surface area contributed by atoms with Gasteiger partial charge in [-0.05, 0) is 0 Å². The van der Waals surface area contributed by atoms with E-state index >= 15 is 0 Å². The second-order valence-electron chi connectivity index (χ2n) is 4.88. The molecule has 6 nitrogen and oxygen atoms in total. The van der Waals surface area contributed by atoms with Crippen LogP contribution in [0.25, 0.3) is 0 Å². The van der Waals surface area contributed by atoms with Crippen LogP contribution in [-0.2, 0) is 9.53 Å². The van der Waals surface area contributed by atoms with E-state index in [4.69, 9.17) is 4.74 Å². The maximum atomic E-state index is 12.4. The zero-order valence-electron chi connectivity index (χ0n) is 12.5. The van der Waals surface area contributed by atoms with E-state index in [9.17, 15) is 19.7 Å². The van der Waals surface area contributed by atoms with Gasteiger partial charge >= 0.3 is 5.97 Å². The van der Waals surface area contributed by atoms with Crippen molar-refractivity contribution >= 4 is 17.4 Å². The highest BCUT2D eigenvalue weighted by molar-refractivity contribution is 5.99. The molecule has 2 rings (SSSR count). The fraction of sp³-hybridized carbons (Fsp3) is 0.176. The third kappa shape index (κ3) is 3.79. The van der Waals surface area contributed by atoms with Gasteiger partial charge in [0.15, 0.2) is 5.78 Å². The van der Waals surface area contributed by atoms with E-state index in [1.807, 2.05) is 0 Å². The molecule has 0 N–H and O–H groups in total. The highest BCUT2D eigenvalue weighted by Gasteiger charge is 2.30. The molecule has 1 atom stereocenters. The molecule has 118 valence electrons. The molecule has 0 aliphatic rings. The van der Waals surface area contributed by atoms with E-state index in [-0.39, 0.29) is 23.5 Å². The third-order valence-electron chi connectivity index (χ3n) is 3.48. The summed E-state index contributed by atoms with van der Waals surface area (Å²) in [6, 6.07) is 14.3. The largest absolute Gasteiger partial charge is 0.469 e. The van der Waals surface area contributed by atoms with E-state index in [0.717, 1.165) is 0 Å². The lowest BCUT2D eigenvalue weighted by Gasteiger charge is -2.14. The first kappa shape index (κ1) is 16.4. The van der Waals surface area contributed by atoms with Gasteiger partial charge < -0.3 is 4.74 Å². The number of benzene rings is 2. The maximum absolute atomic E-state index is 12.4. The minimum absolute atomic E-state index is 0.175. The number of carbonyl (C=O) groups is 2. The minimum atomic E-state index is -1.02. The van der Waals surface area contributed by atoms with Gasteiger partial charge in [-0.15, -0.1) is 0 Å². The number of methoxy groups -OCH3 is 1. The summed E-state index contributed by atoms with van der Waals surface area (Å²) in [5.74, 6) is -1.97. The Kier molecular flexibility index (Phi) is 5.19. The lowest BCUT2D eigenvalue weighted by molar-refractivity contribution is -0.385.